The number of ether oxygens (including phenoxy) is 4. The monoisotopic (exact) mass is 544 g/mol. The first-order valence-corrected chi connectivity index (χ1v) is 13.7. The fourth-order valence-corrected chi connectivity index (χ4v) is 8.39. The highest BCUT2D eigenvalue weighted by molar-refractivity contribution is 6.45. The van der Waals surface area contributed by atoms with Gasteiger partial charge in [-0.25, -0.2) is 4.79 Å². The van der Waals surface area contributed by atoms with Crippen molar-refractivity contribution in [2.75, 3.05) is 20.8 Å². The third kappa shape index (κ3) is 2.95. The fraction of sp³-hybridized carbons (Fsp3) is 0.438. The van der Waals surface area contributed by atoms with Crippen LogP contribution in [-0.4, -0.2) is 50.2 Å². The van der Waals surface area contributed by atoms with E-state index in [-0.39, 0.29) is 30.3 Å². The molecule has 0 amide bonds. The van der Waals surface area contributed by atoms with Gasteiger partial charge in [0, 0.05) is 23.7 Å². The van der Waals surface area contributed by atoms with Crippen LogP contribution < -0.4 is 4.74 Å². The van der Waals surface area contributed by atoms with Crippen molar-refractivity contribution >= 4 is 23.3 Å². The van der Waals surface area contributed by atoms with Gasteiger partial charge < -0.3 is 18.9 Å². The van der Waals surface area contributed by atoms with Crippen LogP contribution >= 0.6 is 0 Å². The second-order valence-electron chi connectivity index (χ2n) is 11.1. The summed E-state index contributed by atoms with van der Waals surface area (Å²) in [5, 5.41) is 0. The average Bonchev–Trinajstić information content (AvgIpc) is 3.47. The molecule has 0 heterocycles. The van der Waals surface area contributed by atoms with Gasteiger partial charge in [0.2, 0.25) is 11.6 Å². The van der Waals surface area contributed by atoms with Crippen molar-refractivity contribution in [3.63, 3.8) is 0 Å². The Morgan fingerprint density at radius 3 is 2.45 bits per heavy atom. The van der Waals surface area contributed by atoms with E-state index in [0.29, 0.717) is 36.1 Å². The van der Waals surface area contributed by atoms with E-state index in [2.05, 4.69) is 0 Å². The van der Waals surface area contributed by atoms with Crippen molar-refractivity contribution in [1.82, 2.24) is 0 Å². The highest BCUT2D eigenvalue weighted by Crippen LogP contribution is 2.78. The Hall–Kier alpha value is -3.78. The van der Waals surface area contributed by atoms with E-state index < -0.39 is 45.8 Å². The van der Waals surface area contributed by atoms with Crippen LogP contribution in [0.15, 0.2) is 59.9 Å². The molecule has 5 aliphatic rings. The number of benzene rings is 2. The summed E-state index contributed by atoms with van der Waals surface area (Å²) in [6, 6.07) is 14.7. The molecule has 0 radical (unpaired) electrons. The Labute approximate surface area is 232 Å². The number of hydrogen-bond acceptors (Lipinski definition) is 8. The Morgan fingerprint density at radius 2 is 1.77 bits per heavy atom. The lowest BCUT2D eigenvalue weighted by molar-refractivity contribution is -0.167. The summed E-state index contributed by atoms with van der Waals surface area (Å²) < 4.78 is 23.1. The van der Waals surface area contributed by atoms with Gasteiger partial charge in [-0.2, -0.15) is 0 Å². The molecule has 5 atom stereocenters. The first-order valence-electron chi connectivity index (χ1n) is 13.7. The van der Waals surface area contributed by atoms with E-state index in [1.807, 2.05) is 36.4 Å². The normalized spacial score (nSPS) is 30.6. The lowest BCUT2D eigenvalue weighted by atomic mass is 9.37. The minimum Gasteiger partial charge on any atom is -0.497 e. The standard InChI is InChI=1S/C32H32O8/c1-5-39-29(36)25(38-4)22-23-24(33)27(35)30(2,28(22)40-17-18-10-7-6-8-11-18)32-15-9-14-31(23,32)26(34)20-13-12-19(37-3)16-21(20)32/h6-8,10-13,16,23,25H,5,9,14-15,17H2,1-4H3/t23-,25-,30-,31+,32+/m0/s1. The number of ketones is 3. The number of Topliss-reactive ketones (excluding diaryl/α,β-unsaturated/α-hetero) is 3. The zero-order valence-corrected chi connectivity index (χ0v) is 23.1. The van der Waals surface area contributed by atoms with Crippen LogP contribution in [0.3, 0.4) is 0 Å². The number of carbonyl (C=O) groups excluding carboxylic acids is 4. The maximum absolute atomic E-state index is 14.5. The molecule has 0 aliphatic heterocycles. The molecule has 5 aliphatic carbocycles. The molecule has 2 bridgehead atoms. The van der Waals surface area contributed by atoms with Crippen molar-refractivity contribution in [2.45, 2.75) is 51.2 Å². The summed E-state index contributed by atoms with van der Waals surface area (Å²) >= 11 is 0. The van der Waals surface area contributed by atoms with Crippen LogP contribution in [0.4, 0.5) is 0 Å². The minimum absolute atomic E-state index is 0.0975. The van der Waals surface area contributed by atoms with Crippen LogP contribution in [0.25, 0.3) is 0 Å². The molecule has 0 aromatic heterocycles. The molecule has 0 saturated heterocycles. The Morgan fingerprint density at radius 1 is 1.02 bits per heavy atom. The SMILES string of the molecule is CCOC(=O)[C@@H](OC)C1=C(OCc2ccccc2)[C@]2(C)C(=O)C(=O)[C@H]1[C@@]13CCC[C@@]21c1cc(OC)ccc1C3=O. The molecule has 2 saturated carbocycles. The number of allylic oxidation sites excluding steroid dienone is 1. The summed E-state index contributed by atoms with van der Waals surface area (Å²) in [4.78, 5) is 56.2. The molecular formula is C32H32O8. The van der Waals surface area contributed by atoms with Crippen molar-refractivity contribution < 1.29 is 38.1 Å². The number of esters is 1. The quantitative estimate of drug-likeness (QED) is 0.361. The zero-order valence-electron chi connectivity index (χ0n) is 23.1. The largest absolute Gasteiger partial charge is 0.497 e. The van der Waals surface area contributed by atoms with E-state index >= 15 is 0 Å². The number of fused-ring (bicyclic) bond motifs is 2. The van der Waals surface area contributed by atoms with Crippen molar-refractivity contribution in [3.8, 4) is 5.75 Å². The smallest absolute Gasteiger partial charge is 0.339 e. The van der Waals surface area contributed by atoms with E-state index in [9.17, 15) is 19.2 Å². The fourth-order valence-electron chi connectivity index (χ4n) is 8.39. The highest BCUT2D eigenvalue weighted by Gasteiger charge is 2.85. The van der Waals surface area contributed by atoms with Gasteiger partial charge >= 0.3 is 5.97 Å². The summed E-state index contributed by atoms with van der Waals surface area (Å²) in [6.45, 7) is 3.59. The summed E-state index contributed by atoms with van der Waals surface area (Å²) in [5.41, 5.74) is -1.59. The third-order valence-corrected chi connectivity index (χ3v) is 9.78. The molecule has 0 spiro atoms. The number of methoxy groups -OCH3 is 2. The van der Waals surface area contributed by atoms with E-state index in [0.717, 1.165) is 5.56 Å². The van der Waals surface area contributed by atoms with Crippen LogP contribution in [0, 0.1) is 16.7 Å². The Bertz CT molecular complexity index is 1470. The van der Waals surface area contributed by atoms with Crippen LogP contribution in [0.2, 0.25) is 0 Å². The molecule has 40 heavy (non-hydrogen) atoms. The number of carbonyl (C=O) groups is 4. The van der Waals surface area contributed by atoms with Crippen LogP contribution in [0.5, 0.6) is 5.75 Å². The summed E-state index contributed by atoms with van der Waals surface area (Å²) in [7, 11) is 2.91. The first-order chi connectivity index (χ1) is 19.2. The number of hydrogen-bond donors (Lipinski definition) is 0. The van der Waals surface area contributed by atoms with Gasteiger partial charge in [0.1, 0.15) is 23.5 Å². The van der Waals surface area contributed by atoms with Crippen molar-refractivity contribution in [1.29, 1.82) is 0 Å². The van der Waals surface area contributed by atoms with Gasteiger partial charge in [-0.3, -0.25) is 14.4 Å². The second kappa shape index (κ2) is 9.13. The Kier molecular flexibility index (Phi) is 6.03. The lowest BCUT2D eigenvalue weighted by Crippen LogP contribution is -2.72. The predicted octanol–water partition coefficient (Wildman–Crippen LogP) is 4.14. The molecule has 2 aromatic carbocycles. The third-order valence-electron chi connectivity index (χ3n) is 9.78. The molecule has 8 heteroatoms. The van der Waals surface area contributed by atoms with Crippen LogP contribution in [-0.2, 0) is 40.6 Å². The summed E-state index contributed by atoms with van der Waals surface area (Å²) in [6.07, 6.45) is 0.224. The van der Waals surface area contributed by atoms with Gasteiger partial charge in [-0.1, -0.05) is 36.8 Å². The van der Waals surface area contributed by atoms with Gasteiger partial charge in [0.25, 0.3) is 0 Å². The van der Waals surface area contributed by atoms with Crippen LogP contribution in [0.1, 0.15) is 54.6 Å². The van der Waals surface area contributed by atoms with Gasteiger partial charge in [-0.15, -0.1) is 0 Å². The molecule has 7 rings (SSSR count). The molecule has 2 aromatic rings. The summed E-state index contributed by atoms with van der Waals surface area (Å²) in [5.74, 6) is -2.59. The molecule has 8 nitrogen and oxygen atoms in total. The minimum atomic E-state index is -1.56. The maximum atomic E-state index is 14.5. The highest BCUT2D eigenvalue weighted by atomic mass is 16.6. The average molecular weight is 545 g/mol. The molecule has 0 unspecified atom stereocenters. The van der Waals surface area contributed by atoms with Crippen molar-refractivity contribution in [3.05, 3.63) is 76.6 Å². The van der Waals surface area contributed by atoms with Gasteiger partial charge in [-0.05, 0) is 56.0 Å². The molecule has 2 fully saturated rings. The Balaban J connectivity index is 1.67. The first kappa shape index (κ1) is 26.4. The molecule has 208 valence electrons. The van der Waals surface area contributed by atoms with Gasteiger partial charge in [0.05, 0.1) is 25.0 Å². The predicted molar refractivity (Wildman–Crippen MR) is 143 cm³/mol. The van der Waals surface area contributed by atoms with Gasteiger partial charge in [0.15, 0.2) is 11.9 Å². The molecule has 0 N–H and O–H groups in total. The van der Waals surface area contributed by atoms with E-state index in [1.54, 1.807) is 33.1 Å². The molecular weight excluding hydrogens is 512 g/mol. The maximum Gasteiger partial charge on any atom is 0.339 e. The zero-order chi connectivity index (χ0) is 28.4. The number of rotatable bonds is 8. The van der Waals surface area contributed by atoms with Crippen molar-refractivity contribution in [2.24, 2.45) is 16.7 Å². The second-order valence-corrected chi connectivity index (χ2v) is 11.1. The van der Waals surface area contributed by atoms with E-state index in [1.165, 1.54) is 7.11 Å². The van der Waals surface area contributed by atoms with E-state index in [4.69, 9.17) is 18.9 Å². The lowest BCUT2D eigenvalue weighted by Gasteiger charge is -2.62. The topological polar surface area (TPSA) is 105 Å².